The van der Waals surface area contributed by atoms with Crippen molar-refractivity contribution in [3.05, 3.63) is 0 Å². The van der Waals surface area contributed by atoms with Gasteiger partial charge in [-0.2, -0.15) is 12.6 Å². The molecular formula is C18H34N4O4S2. The molecule has 0 aromatic heterocycles. The lowest BCUT2D eigenvalue weighted by molar-refractivity contribution is -0.147. The fourth-order valence-corrected chi connectivity index (χ4v) is 4.33. The number of methoxy groups -OCH3 is 1. The van der Waals surface area contributed by atoms with Gasteiger partial charge in [-0.05, 0) is 26.2 Å². The number of nitrogens with zero attached hydrogens (tertiary/aromatic N) is 1. The first kappa shape index (κ1) is 25.1. The number of hydrogen-bond acceptors (Lipinski definition) is 8. The van der Waals surface area contributed by atoms with Crippen LogP contribution in [0, 0.1) is 5.92 Å². The molecule has 3 atom stereocenters. The van der Waals surface area contributed by atoms with Gasteiger partial charge in [0.2, 0.25) is 11.8 Å². The first-order chi connectivity index (χ1) is 13.0. The molecule has 10 heteroatoms. The van der Waals surface area contributed by atoms with Gasteiger partial charge in [0.1, 0.15) is 12.1 Å². The second-order valence-electron chi connectivity index (χ2n) is 7.93. The maximum atomic E-state index is 13.0. The molecule has 1 saturated heterocycles. The average Bonchev–Trinajstić information content (AvgIpc) is 2.94. The van der Waals surface area contributed by atoms with Gasteiger partial charge in [0.05, 0.1) is 19.5 Å². The lowest BCUT2D eigenvalue weighted by Gasteiger charge is -2.32. The van der Waals surface area contributed by atoms with E-state index in [1.807, 2.05) is 27.7 Å². The molecule has 0 aromatic rings. The summed E-state index contributed by atoms with van der Waals surface area (Å²) in [4.78, 5) is 39.3. The molecule has 1 heterocycles. The summed E-state index contributed by atoms with van der Waals surface area (Å²) in [6.45, 7) is 8.34. The zero-order valence-electron chi connectivity index (χ0n) is 17.4. The standard InChI is InChI=1S/C18H34N4O4S2/c1-11(2)6-13(17(25)26-5)21-16(24)15-18(3,4)28-10-22(15)14(23)8-20-7-12(19)9-27/h11-13,15,20,27H,6-10,19H2,1-5H3,(H,21,24)/t12-,13+,15-/m1/s1. The molecule has 0 aromatic carbocycles. The van der Waals surface area contributed by atoms with Gasteiger partial charge < -0.3 is 26.0 Å². The summed E-state index contributed by atoms with van der Waals surface area (Å²) in [5.41, 5.74) is 5.79. The number of hydrogen-bond donors (Lipinski definition) is 4. The van der Waals surface area contributed by atoms with Crippen molar-refractivity contribution >= 4 is 42.2 Å². The third-order valence-corrected chi connectivity index (χ3v) is 6.38. The van der Waals surface area contributed by atoms with Crippen molar-refractivity contribution < 1.29 is 19.1 Å². The Labute approximate surface area is 177 Å². The Morgan fingerprint density at radius 1 is 1.36 bits per heavy atom. The Hall–Kier alpha value is -0.970. The molecule has 2 amide bonds. The van der Waals surface area contributed by atoms with Crippen molar-refractivity contribution in [3.63, 3.8) is 0 Å². The molecule has 162 valence electrons. The van der Waals surface area contributed by atoms with Crippen LogP contribution < -0.4 is 16.4 Å². The minimum atomic E-state index is -0.734. The fraction of sp³-hybridized carbons (Fsp3) is 0.833. The minimum absolute atomic E-state index is 0.0916. The highest BCUT2D eigenvalue weighted by Crippen LogP contribution is 2.39. The summed E-state index contributed by atoms with van der Waals surface area (Å²) in [5.74, 6) is 0.134. The average molecular weight is 435 g/mol. The van der Waals surface area contributed by atoms with Gasteiger partial charge >= 0.3 is 5.97 Å². The lowest BCUT2D eigenvalue weighted by Crippen LogP contribution is -2.57. The molecule has 8 nitrogen and oxygen atoms in total. The number of ether oxygens (including phenoxy) is 1. The monoisotopic (exact) mass is 434 g/mol. The Bertz CT molecular complexity index is 560. The maximum Gasteiger partial charge on any atom is 0.328 e. The van der Waals surface area contributed by atoms with E-state index in [1.165, 1.54) is 18.9 Å². The summed E-state index contributed by atoms with van der Waals surface area (Å²) in [5, 5.41) is 5.81. The second-order valence-corrected chi connectivity index (χ2v) is 9.89. The zero-order chi connectivity index (χ0) is 21.5. The van der Waals surface area contributed by atoms with Gasteiger partial charge in [-0.25, -0.2) is 4.79 Å². The topological polar surface area (TPSA) is 114 Å². The number of thioether (sulfide) groups is 1. The SMILES string of the molecule is COC(=O)[C@H](CC(C)C)NC(=O)[C@H]1N(C(=O)CNC[C@@H](N)CS)CSC1(C)C. The summed E-state index contributed by atoms with van der Waals surface area (Å²) < 4.78 is 4.35. The van der Waals surface area contributed by atoms with Crippen LogP contribution in [-0.2, 0) is 19.1 Å². The number of amides is 2. The molecule has 1 aliphatic heterocycles. The Morgan fingerprint density at radius 2 is 2.00 bits per heavy atom. The summed E-state index contributed by atoms with van der Waals surface area (Å²) in [7, 11) is 1.30. The van der Waals surface area contributed by atoms with Crippen molar-refractivity contribution in [2.45, 2.75) is 57.0 Å². The molecule has 4 N–H and O–H groups in total. The number of carbonyl (C=O) groups excluding carboxylic acids is 3. The van der Waals surface area contributed by atoms with Crippen LogP contribution in [0.15, 0.2) is 0 Å². The third kappa shape index (κ3) is 7.13. The molecule has 28 heavy (non-hydrogen) atoms. The van der Waals surface area contributed by atoms with Crippen LogP contribution in [0.4, 0.5) is 0 Å². The Morgan fingerprint density at radius 3 is 2.54 bits per heavy atom. The van der Waals surface area contributed by atoms with Gasteiger partial charge in [-0.15, -0.1) is 11.8 Å². The first-order valence-electron chi connectivity index (χ1n) is 9.42. The number of nitrogens with two attached hydrogens (primary N) is 1. The van der Waals surface area contributed by atoms with Crippen LogP contribution in [0.2, 0.25) is 0 Å². The predicted octanol–water partition coefficient (Wildman–Crippen LogP) is 0.217. The highest BCUT2D eigenvalue weighted by Gasteiger charge is 2.48. The number of nitrogens with one attached hydrogen (secondary N) is 2. The van der Waals surface area contributed by atoms with Crippen molar-refractivity contribution in [2.24, 2.45) is 11.7 Å². The first-order valence-corrected chi connectivity index (χ1v) is 11.0. The lowest BCUT2D eigenvalue weighted by atomic mass is 9.98. The molecule has 0 unspecified atom stereocenters. The van der Waals surface area contributed by atoms with Gasteiger partial charge in [0.25, 0.3) is 0 Å². The van der Waals surface area contributed by atoms with Crippen LogP contribution >= 0.6 is 24.4 Å². The van der Waals surface area contributed by atoms with E-state index >= 15 is 0 Å². The van der Waals surface area contributed by atoms with Crippen LogP contribution in [0.5, 0.6) is 0 Å². The smallest absolute Gasteiger partial charge is 0.328 e. The summed E-state index contributed by atoms with van der Waals surface area (Å²) >= 11 is 5.65. The third-order valence-electron chi connectivity index (χ3n) is 4.54. The molecule has 1 fully saturated rings. The molecule has 0 spiro atoms. The predicted molar refractivity (Wildman–Crippen MR) is 115 cm³/mol. The molecule has 0 bridgehead atoms. The molecule has 0 radical (unpaired) electrons. The molecular weight excluding hydrogens is 400 g/mol. The normalized spacial score (nSPS) is 20.7. The summed E-state index contributed by atoms with van der Waals surface area (Å²) in [6.07, 6.45) is 0.468. The highest BCUT2D eigenvalue weighted by atomic mass is 32.2. The number of rotatable bonds is 10. The van der Waals surface area contributed by atoms with Gasteiger partial charge in [-0.1, -0.05) is 13.8 Å². The quantitative estimate of drug-likeness (QED) is 0.287. The van der Waals surface area contributed by atoms with E-state index in [0.717, 1.165) is 0 Å². The van der Waals surface area contributed by atoms with E-state index in [-0.39, 0.29) is 30.3 Å². The fourth-order valence-electron chi connectivity index (χ4n) is 3.05. The maximum absolute atomic E-state index is 13.0. The van der Waals surface area contributed by atoms with Crippen LogP contribution in [0.3, 0.4) is 0 Å². The van der Waals surface area contributed by atoms with E-state index in [0.29, 0.717) is 24.6 Å². The van der Waals surface area contributed by atoms with Crippen molar-refractivity contribution in [3.8, 4) is 0 Å². The van der Waals surface area contributed by atoms with Crippen molar-refractivity contribution in [2.75, 3.05) is 31.8 Å². The van der Waals surface area contributed by atoms with Gasteiger partial charge in [-0.3, -0.25) is 9.59 Å². The highest BCUT2D eigenvalue weighted by molar-refractivity contribution is 8.00. The number of thiol groups is 1. The van der Waals surface area contributed by atoms with E-state index in [4.69, 9.17) is 10.5 Å². The Balaban J connectivity index is 2.84. The van der Waals surface area contributed by atoms with E-state index in [1.54, 1.807) is 4.90 Å². The largest absolute Gasteiger partial charge is 0.467 e. The van der Waals surface area contributed by atoms with Gasteiger partial charge in [0, 0.05) is 23.1 Å². The molecule has 1 aliphatic rings. The summed E-state index contributed by atoms with van der Waals surface area (Å²) in [6, 6.07) is -1.55. The van der Waals surface area contributed by atoms with E-state index in [9.17, 15) is 14.4 Å². The van der Waals surface area contributed by atoms with E-state index < -0.39 is 22.8 Å². The van der Waals surface area contributed by atoms with Crippen LogP contribution in [0.1, 0.15) is 34.1 Å². The number of carbonyl (C=O) groups is 3. The van der Waals surface area contributed by atoms with Gasteiger partial charge in [0.15, 0.2) is 0 Å². The van der Waals surface area contributed by atoms with E-state index in [2.05, 4.69) is 23.3 Å². The molecule has 0 saturated carbocycles. The number of esters is 1. The molecule has 0 aliphatic carbocycles. The Kier molecular flexibility index (Phi) is 10.1. The van der Waals surface area contributed by atoms with Crippen LogP contribution in [0.25, 0.3) is 0 Å². The second kappa shape index (κ2) is 11.3. The van der Waals surface area contributed by atoms with Crippen LogP contribution in [-0.4, -0.2) is 77.4 Å². The zero-order valence-corrected chi connectivity index (χ0v) is 19.1. The van der Waals surface area contributed by atoms with Crippen molar-refractivity contribution in [1.82, 2.24) is 15.5 Å². The molecule has 1 rings (SSSR count). The minimum Gasteiger partial charge on any atom is -0.467 e. The van der Waals surface area contributed by atoms with Crippen molar-refractivity contribution in [1.29, 1.82) is 0 Å².